The lowest BCUT2D eigenvalue weighted by molar-refractivity contribution is 0.689. The average Bonchev–Trinajstić information content (AvgIpc) is 3.44. The second-order valence-electron chi connectivity index (χ2n) is 11.8. The molecule has 208 valence electrons. The van der Waals surface area contributed by atoms with E-state index in [-0.39, 0.29) is 5.92 Å². The van der Waals surface area contributed by atoms with Crippen LogP contribution in [-0.4, -0.2) is 4.57 Å². The van der Waals surface area contributed by atoms with Crippen molar-refractivity contribution < 1.29 is 0 Å². The largest absolute Gasteiger partial charge is 0.355 e. The van der Waals surface area contributed by atoms with Crippen LogP contribution < -0.4 is 15.9 Å². The Morgan fingerprint density at radius 1 is 0.591 bits per heavy atom. The molecule has 3 aliphatic carbocycles. The molecule has 3 aliphatic rings. The molecule has 6 aromatic rings. The van der Waals surface area contributed by atoms with Gasteiger partial charge in [0.15, 0.2) is 0 Å². The smallest absolute Gasteiger partial charge is 0.0582 e. The van der Waals surface area contributed by atoms with Crippen molar-refractivity contribution in [1.82, 2.24) is 4.57 Å². The number of nitrogens with zero attached hydrogens (tertiary/aromatic N) is 1. The van der Waals surface area contributed by atoms with Crippen molar-refractivity contribution in [2.45, 2.75) is 0 Å². The van der Waals surface area contributed by atoms with Gasteiger partial charge in [-0.25, -0.2) is 0 Å². The minimum Gasteiger partial charge on any atom is -0.355 e. The van der Waals surface area contributed by atoms with Crippen LogP contribution in [0, 0.1) is 11.8 Å². The number of fused-ring (bicyclic) bond motifs is 8. The summed E-state index contributed by atoms with van der Waals surface area (Å²) < 4.78 is 2.49. The number of benzene rings is 5. The Morgan fingerprint density at radius 3 is 2.32 bits per heavy atom. The minimum absolute atomic E-state index is 0.286. The summed E-state index contributed by atoms with van der Waals surface area (Å²) in [5, 5.41) is 7.72. The predicted octanol–water partition coefficient (Wildman–Crippen LogP) is 8.79. The molecule has 0 fully saturated rings. The van der Waals surface area contributed by atoms with Crippen molar-refractivity contribution in [3.05, 3.63) is 179 Å². The van der Waals surface area contributed by atoms with Gasteiger partial charge in [-0.05, 0) is 58.2 Å². The van der Waals surface area contributed by atoms with E-state index >= 15 is 0 Å². The lowest BCUT2D eigenvalue weighted by Gasteiger charge is -2.33. The van der Waals surface area contributed by atoms with Crippen molar-refractivity contribution in [3.63, 3.8) is 0 Å². The molecule has 0 radical (unpaired) electrons. The van der Waals surface area contributed by atoms with Crippen LogP contribution in [0.15, 0.2) is 158 Å². The number of para-hydroxylation sites is 2. The number of rotatable bonds is 4. The van der Waals surface area contributed by atoms with Crippen LogP contribution >= 0.6 is 0 Å². The standard InChI is InChI=1S/C42H30N2/c1-2-13-28(14-3-1)32-18-8-10-23-38(32)43-30-16-12-17-31(27-30)44-39-24-11-9-22-37(39)41-40-33-19-5-4-15-29(33)25-26-35(40)34-20-6-7-21-36(34)42(41)44/h1-27,34-35,43H. The molecule has 2 heteroatoms. The van der Waals surface area contributed by atoms with Gasteiger partial charge in [0, 0.05) is 45.1 Å². The van der Waals surface area contributed by atoms with E-state index in [4.69, 9.17) is 0 Å². The van der Waals surface area contributed by atoms with Gasteiger partial charge >= 0.3 is 0 Å². The second-order valence-corrected chi connectivity index (χ2v) is 11.8. The molecule has 0 aliphatic heterocycles. The fraction of sp³-hybridized carbons (Fsp3) is 0.0476. The van der Waals surface area contributed by atoms with E-state index in [9.17, 15) is 0 Å². The van der Waals surface area contributed by atoms with Crippen molar-refractivity contribution in [1.29, 1.82) is 0 Å². The third-order valence-electron chi connectivity index (χ3n) is 9.33. The summed E-state index contributed by atoms with van der Waals surface area (Å²) in [6.45, 7) is 0. The zero-order valence-electron chi connectivity index (χ0n) is 24.2. The first-order chi connectivity index (χ1) is 21.8. The lowest BCUT2D eigenvalue weighted by Crippen LogP contribution is -2.42. The predicted molar refractivity (Wildman–Crippen MR) is 184 cm³/mol. The average molecular weight is 563 g/mol. The highest BCUT2D eigenvalue weighted by atomic mass is 15.0. The highest BCUT2D eigenvalue weighted by Crippen LogP contribution is 2.42. The third kappa shape index (κ3) is 3.81. The van der Waals surface area contributed by atoms with E-state index in [1.54, 1.807) is 0 Å². The highest BCUT2D eigenvalue weighted by Gasteiger charge is 2.34. The van der Waals surface area contributed by atoms with Crippen molar-refractivity contribution >= 4 is 39.5 Å². The van der Waals surface area contributed by atoms with Crippen LogP contribution in [0.4, 0.5) is 11.4 Å². The van der Waals surface area contributed by atoms with Gasteiger partial charge in [0.1, 0.15) is 0 Å². The molecule has 0 saturated carbocycles. The molecule has 2 unspecified atom stereocenters. The summed E-state index contributed by atoms with van der Waals surface area (Å²) in [7, 11) is 0. The Hall–Kier alpha value is -5.60. The normalized spacial score (nSPS) is 17.6. The van der Waals surface area contributed by atoms with Crippen LogP contribution in [0.25, 0.3) is 44.9 Å². The van der Waals surface area contributed by atoms with Gasteiger partial charge in [-0.2, -0.15) is 0 Å². The summed E-state index contributed by atoms with van der Waals surface area (Å²) >= 11 is 0. The fourth-order valence-corrected chi connectivity index (χ4v) is 7.47. The van der Waals surface area contributed by atoms with Crippen molar-refractivity contribution in [3.8, 4) is 16.8 Å². The van der Waals surface area contributed by atoms with Crippen LogP contribution in [0.5, 0.6) is 0 Å². The molecule has 0 spiro atoms. The number of nitrogens with one attached hydrogen (secondary N) is 1. The maximum absolute atomic E-state index is 3.76. The Labute approximate surface area is 256 Å². The van der Waals surface area contributed by atoms with Gasteiger partial charge in [-0.3, -0.25) is 0 Å². The number of anilines is 2. The summed E-state index contributed by atoms with van der Waals surface area (Å²) in [6.07, 6.45) is 13.9. The van der Waals surface area contributed by atoms with Gasteiger partial charge in [-0.1, -0.05) is 134 Å². The highest BCUT2D eigenvalue weighted by molar-refractivity contribution is 5.94. The molecular formula is C42H30N2. The summed E-state index contributed by atoms with van der Waals surface area (Å²) in [6, 6.07) is 45.8. The Morgan fingerprint density at radius 2 is 1.39 bits per heavy atom. The maximum atomic E-state index is 3.76. The molecule has 1 aromatic heterocycles. The molecule has 44 heavy (non-hydrogen) atoms. The zero-order chi connectivity index (χ0) is 29.0. The zero-order valence-corrected chi connectivity index (χ0v) is 24.2. The molecular weight excluding hydrogens is 532 g/mol. The molecule has 1 heterocycles. The number of hydrogen-bond donors (Lipinski definition) is 1. The van der Waals surface area contributed by atoms with Gasteiger partial charge < -0.3 is 9.88 Å². The van der Waals surface area contributed by atoms with E-state index < -0.39 is 0 Å². The van der Waals surface area contributed by atoms with Crippen molar-refractivity contribution in [2.75, 3.05) is 5.32 Å². The van der Waals surface area contributed by atoms with Gasteiger partial charge in [-0.15, -0.1) is 0 Å². The van der Waals surface area contributed by atoms with E-state index in [1.807, 2.05) is 0 Å². The topological polar surface area (TPSA) is 17.0 Å². The number of allylic oxidation sites excluding steroid dienone is 5. The summed E-state index contributed by atoms with van der Waals surface area (Å²) in [5.41, 5.74) is 12.4. The van der Waals surface area contributed by atoms with E-state index in [0.717, 1.165) is 17.1 Å². The SMILES string of the molecule is C1=CC2=c3c(c4ccccc4n3-c3cccc(Nc4ccccc4-c4ccccc4)c3)=C3c4ccccc4C=CC3C2C=C1. The first-order valence-electron chi connectivity index (χ1n) is 15.4. The van der Waals surface area contributed by atoms with Gasteiger partial charge in [0.2, 0.25) is 0 Å². The molecule has 9 rings (SSSR count). The third-order valence-corrected chi connectivity index (χ3v) is 9.33. The maximum Gasteiger partial charge on any atom is 0.0582 e. The molecule has 1 N–H and O–H groups in total. The Kier molecular flexibility index (Phi) is 5.67. The molecule has 5 aromatic carbocycles. The Balaban J connectivity index is 1.30. The van der Waals surface area contributed by atoms with Crippen molar-refractivity contribution in [2.24, 2.45) is 11.8 Å². The molecule has 0 amide bonds. The Bertz CT molecular complexity index is 2310. The quantitative estimate of drug-likeness (QED) is 0.227. The number of aromatic nitrogens is 1. The molecule has 0 saturated heterocycles. The lowest BCUT2D eigenvalue weighted by atomic mass is 9.70. The fourth-order valence-electron chi connectivity index (χ4n) is 7.47. The monoisotopic (exact) mass is 562 g/mol. The van der Waals surface area contributed by atoms with E-state index in [1.165, 1.54) is 54.9 Å². The molecule has 0 bridgehead atoms. The second kappa shape index (κ2) is 10.00. The first-order valence-corrected chi connectivity index (χ1v) is 15.4. The van der Waals surface area contributed by atoms with Crippen LogP contribution in [0.1, 0.15) is 11.1 Å². The van der Waals surface area contributed by atoms with Crippen LogP contribution in [0.3, 0.4) is 0 Å². The van der Waals surface area contributed by atoms with Crippen LogP contribution in [0.2, 0.25) is 0 Å². The van der Waals surface area contributed by atoms with E-state index in [2.05, 4.69) is 174 Å². The summed E-state index contributed by atoms with van der Waals surface area (Å²) in [5.74, 6) is 0.588. The van der Waals surface area contributed by atoms with Gasteiger partial charge in [0.25, 0.3) is 0 Å². The van der Waals surface area contributed by atoms with Gasteiger partial charge in [0.05, 0.1) is 10.9 Å². The molecule has 2 nitrogen and oxygen atoms in total. The number of hydrogen-bond acceptors (Lipinski definition) is 1. The molecule has 2 atom stereocenters. The first kappa shape index (κ1) is 24.9. The van der Waals surface area contributed by atoms with Crippen LogP contribution in [-0.2, 0) is 0 Å². The van der Waals surface area contributed by atoms with E-state index in [0.29, 0.717) is 5.92 Å². The summed E-state index contributed by atoms with van der Waals surface area (Å²) in [4.78, 5) is 0. The minimum atomic E-state index is 0.286.